The highest BCUT2D eigenvalue weighted by Gasteiger charge is 2.32. The summed E-state index contributed by atoms with van der Waals surface area (Å²) in [6, 6.07) is 14.0. The predicted octanol–water partition coefficient (Wildman–Crippen LogP) is 5.19. The van der Waals surface area contributed by atoms with E-state index in [0.29, 0.717) is 16.7 Å². The molecule has 1 aromatic heterocycles. The molecule has 1 fully saturated rings. The van der Waals surface area contributed by atoms with Gasteiger partial charge in [-0.25, -0.2) is 4.39 Å². The number of halogens is 1. The quantitative estimate of drug-likeness (QED) is 0.579. The number of anilines is 1. The molecule has 2 aromatic carbocycles. The van der Waals surface area contributed by atoms with Crippen molar-refractivity contribution in [1.29, 1.82) is 0 Å². The van der Waals surface area contributed by atoms with Gasteiger partial charge in [0.25, 0.3) is 0 Å². The normalized spacial score (nSPS) is 16.3. The van der Waals surface area contributed by atoms with Gasteiger partial charge in [0.15, 0.2) is 0 Å². The Kier molecular flexibility index (Phi) is 6.70. The number of carbonyl (C=O) groups excluding carboxylic acids is 1. The highest BCUT2D eigenvalue weighted by atomic mass is 19.1. The van der Waals surface area contributed by atoms with Gasteiger partial charge < -0.3 is 10.1 Å². The minimum atomic E-state index is -0.301. The molecule has 1 atom stereocenters. The summed E-state index contributed by atoms with van der Waals surface area (Å²) in [5, 5.41) is 3.76. The first-order valence-corrected chi connectivity index (χ1v) is 11.2. The maximum Gasteiger partial charge on any atom is 0.241 e. The van der Waals surface area contributed by atoms with E-state index < -0.39 is 0 Å². The molecule has 0 bridgehead atoms. The molecule has 0 radical (unpaired) electrons. The van der Waals surface area contributed by atoms with Crippen molar-refractivity contribution in [3.05, 3.63) is 66.1 Å². The number of likely N-dealkylation sites (tertiary alicyclic amines) is 1. The van der Waals surface area contributed by atoms with Crippen LogP contribution < -0.4 is 10.1 Å². The van der Waals surface area contributed by atoms with Crippen molar-refractivity contribution < 1.29 is 13.9 Å². The number of carbonyl (C=O) groups is 1. The summed E-state index contributed by atoms with van der Waals surface area (Å²) < 4.78 is 20.0. The van der Waals surface area contributed by atoms with Crippen LogP contribution in [0.5, 0.6) is 5.75 Å². The Hall–Kier alpha value is -2.99. The van der Waals surface area contributed by atoms with Crippen LogP contribution in [-0.2, 0) is 4.79 Å². The van der Waals surface area contributed by atoms with Crippen LogP contribution in [0, 0.1) is 18.7 Å². The lowest BCUT2D eigenvalue weighted by Gasteiger charge is -2.38. The lowest BCUT2D eigenvalue weighted by molar-refractivity contribution is -0.123. The molecule has 5 nitrogen and oxygen atoms in total. The topological polar surface area (TPSA) is 54.5 Å². The van der Waals surface area contributed by atoms with Gasteiger partial charge in [-0.1, -0.05) is 31.5 Å². The van der Waals surface area contributed by atoms with Crippen molar-refractivity contribution in [2.75, 3.05) is 18.4 Å². The third-order valence-corrected chi connectivity index (χ3v) is 6.05. The van der Waals surface area contributed by atoms with Crippen LogP contribution in [0.2, 0.25) is 0 Å². The van der Waals surface area contributed by atoms with E-state index in [1.807, 2.05) is 31.2 Å². The van der Waals surface area contributed by atoms with Crippen molar-refractivity contribution in [3.63, 3.8) is 0 Å². The number of amides is 1. The summed E-state index contributed by atoms with van der Waals surface area (Å²) in [5.41, 5.74) is 2.70. The average molecular weight is 436 g/mol. The molecule has 0 aliphatic carbocycles. The summed E-state index contributed by atoms with van der Waals surface area (Å²) in [7, 11) is 0. The van der Waals surface area contributed by atoms with Crippen LogP contribution in [0.25, 0.3) is 10.9 Å². The molecular formula is C26H30FN3O2. The van der Waals surface area contributed by atoms with E-state index in [2.05, 4.69) is 29.0 Å². The number of hydrogen-bond donors (Lipinski definition) is 1. The lowest BCUT2D eigenvalue weighted by Crippen LogP contribution is -2.51. The van der Waals surface area contributed by atoms with Gasteiger partial charge in [0.2, 0.25) is 5.91 Å². The minimum absolute atomic E-state index is 0.0214. The number of piperidine rings is 1. The average Bonchev–Trinajstić information content (AvgIpc) is 2.77. The van der Waals surface area contributed by atoms with E-state index in [0.717, 1.165) is 37.2 Å². The molecule has 1 aliphatic heterocycles. The van der Waals surface area contributed by atoms with Crippen LogP contribution in [-0.4, -0.2) is 41.0 Å². The second-order valence-electron chi connectivity index (χ2n) is 8.87. The number of pyridine rings is 1. The van der Waals surface area contributed by atoms with E-state index in [4.69, 9.17) is 4.74 Å². The first-order chi connectivity index (χ1) is 15.4. The summed E-state index contributed by atoms with van der Waals surface area (Å²) >= 11 is 0. The molecule has 1 N–H and O–H groups in total. The number of aromatic nitrogens is 1. The maximum atomic E-state index is 13.7. The zero-order valence-electron chi connectivity index (χ0n) is 18.8. The molecule has 32 heavy (non-hydrogen) atoms. The van der Waals surface area contributed by atoms with Crippen molar-refractivity contribution >= 4 is 22.5 Å². The molecule has 0 spiro atoms. The van der Waals surface area contributed by atoms with Gasteiger partial charge in [0.05, 0.1) is 11.6 Å². The van der Waals surface area contributed by atoms with E-state index in [-0.39, 0.29) is 29.8 Å². The molecule has 1 unspecified atom stereocenters. The van der Waals surface area contributed by atoms with Crippen molar-refractivity contribution in [2.45, 2.75) is 45.8 Å². The third-order valence-electron chi connectivity index (χ3n) is 6.05. The fourth-order valence-electron chi connectivity index (χ4n) is 4.39. The van der Waals surface area contributed by atoms with Gasteiger partial charge in [0.1, 0.15) is 17.7 Å². The number of rotatable bonds is 6. The van der Waals surface area contributed by atoms with E-state index in [9.17, 15) is 9.18 Å². The smallest absolute Gasteiger partial charge is 0.241 e. The second-order valence-corrected chi connectivity index (χ2v) is 8.87. The summed E-state index contributed by atoms with van der Waals surface area (Å²) in [5.74, 6) is 0.568. The fraction of sp³-hybridized carbons (Fsp3) is 0.385. The minimum Gasteiger partial charge on any atom is -0.490 e. The monoisotopic (exact) mass is 435 g/mol. The van der Waals surface area contributed by atoms with Gasteiger partial charge in [-0.2, -0.15) is 0 Å². The number of aryl methyl sites for hydroxylation is 1. The number of fused-ring (bicyclic) bond motifs is 1. The van der Waals surface area contributed by atoms with Crippen molar-refractivity contribution in [1.82, 2.24) is 9.88 Å². The van der Waals surface area contributed by atoms with Crippen LogP contribution in [0.1, 0.15) is 32.3 Å². The zero-order valence-corrected chi connectivity index (χ0v) is 18.8. The Morgan fingerprint density at radius 2 is 1.84 bits per heavy atom. The maximum absolute atomic E-state index is 13.7. The van der Waals surface area contributed by atoms with E-state index in [1.165, 1.54) is 12.1 Å². The molecule has 168 valence electrons. The van der Waals surface area contributed by atoms with E-state index >= 15 is 0 Å². The number of hydrogen-bond acceptors (Lipinski definition) is 4. The first kappa shape index (κ1) is 22.2. The van der Waals surface area contributed by atoms with Gasteiger partial charge in [0, 0.05) is 30.4 Å². The summed E-state index contributed by atoms with van der Waals surface area (Å²) in [4.78, 5) is 19.6. The van der Waals surface area contributed by atoms with Crippen LogP contribution >= 0.6 is 0 Å². The predicted molar refractivity (Wildman–Crippen MR) is 125 cm³/mol. The van der Waals surface area contributed by atoms with Gasteiger partial charge in [-0.15, -0.1) is 0 Å². The Balaban J connectivity index is 1.40. The Labute approximate surface area is 188 Å². The summed E-state index contributed by atoms with van der Waals surface area (Å²) in [6.07, 6.45) is 3.32. The lowest BCUT2D eigenvalue weighted by atomic mass is 9.97. The molecule has 4 rings (SSSR count). The third kappa shape index (κ3) is 5.07. The van der Waals surface area contributed by atoms with Gasteiger partial charge >= 0.3 is 0 Å². The molecule has 0 saturated carbocycles. The Morgan fingerprint density at radius 3 is 2.53 bits per heavy atom. The molecule has 1 amide bonds. The molecular weight excluding hydrogens is 405 g/mol. The standard InChI is InChI=1S/C26H30FN3O2/c1-17(2)25(26(31)29-20-7-4-18(3)5-8-20)30-14-11-21(12-15-30)32-24-10-13-28-23-9-6-19(27)16-22(23)24/h4-10,13,16-17,21,25H,11-12,14-15H2,1-3H3,(H,29,31). The molecule has 6 heteroatoms. The molecule has 1 saturated heterocycles. The van der Waals surface area contributed by atoms with Crippen molar-refractivity contribution in [2.24, 2.45) is 5.92 Å². The summed E-state index contributed by atoms with van der Waals surface area (Å²) in [6.45, 7) is 7.73. The Bertz CT molecular complexity index is 1080. The number of ether oxygens (including phenoxy) is 1. The number of benzene rings is 2. The molecule has 1 aliphatic rings. The zero-order chi connectivity index (χ0) is 22.7. The number of nitrogens with one attached hydrogen (secondary N) is 1. The molecule has 3 aromatic rings. The van der Waals surface area contributed by atoms with Gasteiger partial charge in [-0.05, 0) is 62.1 Å². The van der Waals surface area contributed by atoms with E-state index in [1.54, 1.807) is 18.3 Å². The van der Waals surface area contributed by atoms with Crippen molar-refractivity contribution in [3.8, 4) is 5.75 Å². The van der Waals surface area contributed by atoms with Gasteiger partial charge in [-0.3, -0.25) is 14.7 Å². The largest absolute Gasteiger partial charge is 0.490 e. The Morgan fingerprint density at radius 1 is 1.12 bits per heavy atom. The van der Waals surface area contributed by atoms with Crippen LogP contribution in [0.3, 0.4) is 0 Å². The van der Waals surface area contributed by atoms with Crippen LogP contribution in [0.15, 0.2) is 54.7 Å². The van der Waals surface area contributed by atoms with Crippen LogP contribution in [0.4, 0.5) is 10.1 Å². The number of nitrogens with zero attached hydrogens (tertiary/aromatic N) is 2. The fourth-order valence-corrected chi connectivity index (χ4v) is 4.39. The highest BCUT2D eigenvalue weighted by Crippen LogP contribution is 2.28. The first-order valence-electron chi connectivity index (χ1n) is 11.2. The SMILES string of the molecule is Cc1ccc(NC(=O)C(C(C)C)N2CCC(Oc3ccnc4ccc(F)cc34)CC2)cc1. The highest BCUT2D eigenvalue weighted by molar-refractivity contribution is 5.95. The molecule has 2 heterocycles. The second kappa shape index (κ2) is 9.65.